The molecule has 0 saturated heterocycles. The maximum absolute atomic E-state index is 13.6. The van der Waals surface area contributed by atoms with Crippen LogP contribution in [0.3, 0.4) is 0 Å². The Morgan fingerprint density at radius 3 is 2.59 bits per heavy atom. The minimum Gasteiger partial charge on any atom is -0.306 e. The number of fused-ring (bicyclic) bond motifs is 1. The number of nitrogens with zero attached hydrogens (tertiary/aromatic N) is 4. The van der Waals surface area contributed by atoms with Gasteiger partial charge in [-0.05, 0) is 37.7 Å². The first kappa shape index (κ1) is 18.1. The van der Waals surface area contributed by atoms with Gasteiger partial charge in [0.05, 0.1) is 11.9 Å². The second kappa shape index (κ2) is 7.74. The highest BCUT2D eigenvalue weighted by Crippen LogP contribution is 2.31. The van der Waals surface area contributed by atoms with Gasteiger partial charge in [0, 0.05) is 47.9 Å². The molecular weight excluding hydrogens is 368 g/mol. The SMILES string of the molecule is CSc1ncc(CN[C@@H]2CCCc3c2cnn3-c2cc(F)cc(F)c2)cn1. The van der Waals surface area contributed by atoms with Crippen LogP contribution >= 0.6 is 11.8 Å². The summed E-state index contributed by atoms with van der Waals surface area (Å²) in [6, 6.07) is 3.62. The van der Waals surface area contributed by atoms with Crippen molar-refractivity contribution in [3.05, 3.63) is 65.2 Å². The topological polar surface area (TPSA) is 55.6 Å². The average molecular weight is 387 g/mol. The van der Waals surface area contributed by atoms with Crippen molar-refractivity contribution in [1.29, 1.82) is 0 Å². The zero-order valence-corrected chi connectivity index (χ0v) is 15.6. The molecule has 0 aliphatic heterocycles. The Labute approximate surface area is 160 Å². The number of hydrogen-bond acceptors (Lipinski definition) is 5. The maximum Gasteiger partial charge on any atom is 0.187 e. The van der Waals surface area contributed by atoms with Crippen molar-refractivity contribution >= 4 is 11.8 Å². The molecule has 1 aliphatic carbocycles. The monoisotopic (exact) mass is 387 g/mol. The standard InChI is InChI=1S/C19H19F2N5S/c1-27-19-23-9-12(10-24-19)8-22-17-3-2-4-18-16(17)11-25-26(18)15-6-13(20)5-14(21)7-15/h5-7,9-11,17,22H,2-4,8H2,1H3/t17-/m1/s1. The number of aromatic nitrogens is 4. The van der Waals surface area contributed by atoms with Crippen LogP contribution in [0.1, 0.15) is 35.7 Å². The summed E-state index contributed by atoms with van der Waals surface area (Å²) in [5.41, 5.74) is 3.50. The van der Waals surface area contributed by atoms with E-state index in [1.807, 2.05) is 18.6 Å². The molecule has 0 spiro atoms. The van der Waals surface area contributed by atoms with Crippen molar-refractivity contribution < 1.29 is 8.78 Å². The first-order chi connectivity index (χ1) is 13.1. The molecule has 0 saturated carbocycles. The van der Waals surface area contributed by atoms with E-state index in [0.29, 0.717) is 12.2 Å². The van der Waals surface area contributed by atoms with Crippen LogP contribution in [0.15, 0.2) is 41.9 Å². The molecule has 0 radical (unpaired) electrons. The van der Waals surface area contributed by atoms with Crippen LogP contribution in [0.2, 0.25) is 0 Å². The van der Waals surface area contributed by atoms with E-state index in [2.05, 4.69) is 20.4 Å². The third kappa shape index (κ3) is 3.86. The molecular formula is C19H19F2N5S. The van der Waals surface area contributed by atoms with Crippen LogP contribution in [0, 0.1) is 11.6 Å². The van der Waals surface area contributed by atoms with Crippen molar-refractivity contribution in [1.82, 2.24) is 25.1 Å². The lowest BCUT2D eigenvalue weighted by Gasteiger charge is -2.24. The van der Waals surface area contributed by atoms with Crippen molar-refractivity contribution in [2.24, 2.45) is 0 Å². The number of hydrogen-bond donors (Lipinski definition) is 1. The van der Waals surface area contributed by atoms with Crippen LogP contribution in [0.4, 0.5) is 8.78 Å². The summed E-state index contributed by atoms with van der Waals surface area (Å²) < 4.78 is 28.8. The van der Waals surface area contributed by atoms with E-state index >= 15 is 0 Å². The van der Waals surface area contributed by atoms with Gasteiger partial charge in [0.25, 0.3) is 0 Å². The normalized spacial score (nSPS) is 16.3. The van der Waals surface area contributed by atoms with Gasteiger partial charge in [0.15, 0.2) is 5.16 Å². The van der Waals surface area contributed by atoms with Gasteiger partial charge in [0.2, 0.25) is 0 Å². The number of halogens is 2. The Hall–Kier alpha value is -2.32. The highest BCUT2D eigenvalue weighted by molar-refractivity contribution is 7.98. The van der Waals surface area contributed by atoms with E-state index in [1.54, 1.807) is 10.9 Å². The van der Waals surface area contributed by atoms with Gasteiger partial charge in [-0.2, -0.15) is 5.10 Å². The first-order valence-electron chi connectivity index (χ1n) is 8.75. The molecule has 140 valence electrons. The highest BCUT2D eigenvalue weighted by Gasteiger charge is 2.24. The fraction of sp³-hybridized carbons (Fsp3) is 0.316. The van der Waals surface area contributed by atoms with Crippen molar-refractivity contribution in [3.8, 4) is 5.69 Å². The largest absolute Gasteiger partial charge is 0.306 e. The Kier molecular flexibility index (Phi) is 5.18. The molecule has 2 aromatic heterocycles. The summed E-state index contributed by atoms with van der Waals surface area (Å²) in [4.78, 5) is 8.58. The summed E-state index contributed by atoms with van der Waals surface area (Å²) in [6.45, 7) is 0.651. The number of rotatable bonds is 5. The third-order valence-electron chi connectivity index (χ3n) is 4.69. The van der Waals surface area contributed by atoms with E-state index in [-0.39, 0.29) is 6.04 Å². The predicted molar refractivity (Wildman–Crippen MR) is 99.8 cm³/mol. The average Bonchev–Trinajstić information content (AvgIpc) is 3.11. The molecule has 1 atom stereocenters. The molecule has 8 heteroatoms. The van der Waals surface area contributed by atoms with Gasteiger partial charge in [-0.3, -0.25) is 0 Å². The summed E-state index contributed by atoms with van der Waals surface area (Å²) in [7, 11) is 0. The van der Waals surface area contributed by atoms with Gasteiger partial charge in [0.1, 0.15) is 11.6 Å². The zero-order valence-electron chi connectivity index (χ0n) is 14.8. The number of benzene rings is 1. The molecule has 27 heavy (non-hydrogen) atoms. The van der Waals surface area contributed by atoms with E-state index < -0.39 is 11.6 Å². The van der Waals surface area contributed by atoms with Gasteiger partial charge in [-0.15, -0.1) is 0 Å². The summed E-state index contributed by atoms with van der Waals surface area (Å²) in [5.74, 6) is -1.21. The van der Waals surface area contributed by atoms with Crippen molar-refractivity contribution in [3.63, 3.8) is 0 Å². The van der Waals surface area contributed by atoms with Crippen LogP contribution in [0.5, 0.6) is 0 Å². The fourth-order valence-electron chi connectivity index (χ4n) is 3.43. The molecule has 1 aliphatic rings. The molecule has 0 bridgehead atoms. The highest BCUT2D eigenvalue weighted by atomic mass is 32.2. The lowest BCUT2D eigenvalue weighted by Crippen LogP contribution is -2.25. The Morgan fingerprint density at radius 2 is 1.89 bits per heavy atom. The van der Waals surface area contributed by atoms with E-state index in [0.717, 1.165) is 47.3 Å². The second-order valence-electron chi connectivity index (χ2n) is 6.49. The summed E-state index contributed by atoms with van der Waals surface area (Å²) in [6.07, 6.45) is 10.2. The molecule has 0 amide bonds. The summed E-state index contributed by atoms with van der Waals surface area (Å²) in [5, 5.41) is 8.68. The molecule has 0 unspecified atom stereocenters. The smallest absolute Gasteiger partial charge is 0.187 e. The van der Waals surface area contributed by atoms with Crippen LogP contribution in [-0.2, 0) is 13.0 Å². The Bertz CT molecular complexity index is 922. The molecule has 1 N–H and O–H groups in total. The minimum absolute atomic E-state index is 0.140. The van der Waals surface area contributed by atoms with Crippen LogP contribution in [0.25, 0.3) is 5.69 Å². The molecule has 2 heterocycles. The molecule has 0 fully saturated rings. The molecule has 4 rings (SSSR count). The Morgan fingerprint density at radius 1 is 1.15 bits per heavy atom. The lowest BCUT2D eigenvalue weighted by atomic mass is 9.92. The first-order valence-corrected chi connectivity index (χ1v) is 9.98. The van der Waals surface area contributed by atoms with E-state index in [9.17, 15) is 8.78 Å². The van der Waals surface area contributed by atoms with E-state index in [1.165, 1.54) is 23.9 Å². The van der Waals surface area contributed by atoms with Crippen LogP contribution < -0.4 is 5.32 Å². The lowest BCUT2D eigenvalue weighted by molar-refractivity contribution is 0.453. The number of nitrogens with one attached hydrogen (secondary N) is 1. The second-order valence-corrected chi connectivity index (χ2v) is 7.26. The quantitative estimate of drug-likeness (QED) is 0.533. The maximum atomic E-state index is 13.6. The zero-order chi connectivity index (χ0) is 18.8. The molecule has 3 aromatic rings. The van der Waals surface area contributed by atoms with Gasteiger partial charge in [-0.1, -0.05) is 11.8 Å². The van der Waals surface area contributed by atoms with Gasteiger partial charge < -0.3 is 5.32 Å². The van der Waals surface area contributed by atoms with Gasteiger partial charge in [-0.25, -0.2) is 23.4 Å². The third-order valence-corrected chi connectivity index (χ3v) is 5.27. The molecule has 5 nitrogen and oxygen atoms in total. The molecule has 1 aromatic carbocycles. The van der Waals surface area contributed by atoms with Crippen LogP contribution in [-0.4, -0.2) is 26.0 Å². The Balaban J connectivity index is 1.54. The number of thioether (sulfide) groups is 1. The van der Waals surface area contributed by atoms with Gasteiger partial charge >= 0.3 is 0 Å². The van der Waals surface area contributed by atoms with E-state index in [4.69, 9.17) is 0 Å². The van der Waals surface area contributed by atoms with Crippen molar-refractivity contribution in [2.75, 3.05) is 6.26 Å². The fourth-order valence-corrected chi connectivity index (χ4v) is 3.75. The van der Waals surface area contributed by atoms with Crippen molar-refractivity contribution in [2.45, 2.75) is 37.0 Å². The summed E-state index contributed by atoms with van der Waals surface area (Å²) >= 11 is 1.51. The predicted octanol–water partition coefficient (Wildman–Crippen LogP) is 3.83. The minimum atomic E-state index is -0.603.